The minimum Gasteiger partial charge on any atom is -0.443 e. The average Bonchev–Trinajstić information content (AvgIpc) is 3.00. The molecule has 0 atom stereocenters. The molecule has 0 aliphatic carbocycles. The Labute approximate surface area is 166 Å². The molecule has 0 spiro atoms. The Kier molecular flexibility index (Phi) is 6.61. The summed E-state index contributed by atoms with van der Waals surface area (Å²) < 4.78 is 10.5. The second-order valence-corrected chi connectivity index (χ2v) is 8.52. The molecule has 0 unspecified atom stereocenters. The molecule has 6 heteroatoms. The van der Waals surface area contributed by atoms with Crippen LogP contribution in [0.5, 0.6) is 10.8 Å². The maximum atomic E-state index is 9.58. The summed E-state index contributed by atoms with van der Waals surface area (Å²) in [5.74, 6) is 0.731. The standard InChI is InChI=1S/C21H28N4OS/c1-8-9-25(7)13-23-17-10-15(3)18(11-14(17)2)26-20-16(12-22)19(24-27-20)21(4,5)6/h10-11,13H,8-9H2,1-7H3. The molecule has 2 rings (SSSR count). The highest BCUT2D eigenvalue weighted by Gasteiger charge is 2.26. The molecule has 0 fully saturated rings. The summed E-state index contributed by atoms with van der Waals surface area (Å²) in [6.45, 7) is 13.3. The van der Waals surface area contributed by atoms with Gasteiger partial charge in [-0.25, -0.2) is 4.99 Å². The molecule has 0 saturated carbocycles. The van der Waals surface area contributed by atoms with E-state index >= 15 is 0 Å². The number of hydrogen-bond acceptors (Lipinski definition) is 5. The Morgan fingerprint density at radius 3 is 2.59 bits per heavy atom. The second-order valence-electron chi connectivity index (χ2n) is 7.79. The van der Waals surface area contributed by atoms with E-state index in [4.69, 9.17) is 4.74 Å². The fraction of sp³-hybridized carbons (Fsp3) is 0.476. The zero-order valence-electron chi connectivity index (χ0n) is 17.3. The predicted octanol–water partition coefficient (Wildman–Crippen LogP) is 5.72. The lowest BCUT2D eigenvalue weighted by atomic mass is 9.90. The van der Waals surface area contributed by atoms with Crippen molar-refractivity contribution in [2.45, 2.75) is 53.4 Å². The minimum absolute atomic E-state index is 0.197. The molecule has 0 radical (unpaired) electrons. The summed E-state index contributed by atoms with van der Waals surface area (Å²) >= 11 is 1.23. The monoisotopic (exact) mass is 384 g/mol. The third kappa shape index (κ3) is 5.08. The molecule has 2 aromatic rings. The number of aryl methyl sites for hydroxylation is 2. The minimum atomic E-state index is -0.197. The smallest absolute Gasteiger partial charge is 0.218 e. The normalized spacial score (nSPS) is 11.6. The Balaban J connectivity index is 2.31. The van der Waals surface area contributed by atoms with Crippen LogP contribution in [0.3, 0.4) is 0 Å². The summed E-state index contributed by atoms with van der Waals surface area (Å²) in [6.07, 6.45) is 2.94. The van der Waals surface area contributed by atoms with Crippen LogP contribution in [0.15, 0.2) is 17.1 Å². The van der Waals surface area contributed by atoms with Crippen LogP contribution in [-0.4, -0.2) is 29.2 Å². The van der Waals surface area contributed by atoms with E-state index in [-0.39, 0.29) is 5.41 Å². The van der Waals surface area contributed by atoms with Gasteiger partial charge in [0.05, 0.1) is 17.7 Å². The van der Waals surface area contributed by atoms with E-state index in [0.29, 0.717) is 10.6 Å². The Morgan fingerprint density at radius 1 is 1.30 bits per heavy atom. The van der Waals surface area contributed by atoms with Crippen LogP contribution in [0.1, 0.15) is 56.5 Å². The molecule has 1 aromatic carbocycles. The number of benzene rings is 1. The summed E-state index contributed by atoms with van der Waals surface area (Å²) in [5.41, 5.74) is 4.02. The van der Waals surface area contributed by atoms with Crippen LogP contribution in [0.2, 0.25) is 0 Å². The Bertz CT molecular complexity index is 872. The molecule has 0 aliphatic rings. The highest BCUT2D eigenvalue weighted by Crippen LogP contribution is 2.38. The van der Waals surface area contributed by atoms with Crippen molar-refractivity contribution < 1.29 is 4.74 Å². The van der Waals surface area contributed by atoms with E-state index in [0.717, 1.165) is 41.2 Å². The van der Waals surface area contributed by atoms with Crippen molar-refractivity contribution in [1.29, 1.82) is 5.26 Å². The zero-order chi connectivity index (χ0) is 20.2. The third-order valence-corrected chi connectivity index (χ3v) is 4.88. The first kappa shape index (κ1) is 20.9. The lowest BCUT2D eigenvalue weighted by Crippen LogP contribution is -2.16. The molecule has 0 saturated heterocycles. The molecule has 1 heterocycles. The van der Waals surface area contributed by atoms with Gasteiger partial charge in [0.25, 0.3) is 0 Å². The largest absolute Gasteiger partial charge is 0.443 e. The van der Waals surface area contributed by atoms with E-state index < -0.39 is 0 Å². The van der Waals surface area contributed by atoms with Gasteiger partial charge in [-0.05, 0) is 43.5 Å². The maximum absolute atomic E-state index is 9.58. The van der Waals surface area contributed by atoms with Crippen molar-refractivity contribution in [1.82, 2.24) is 9.27 Å². The van der Waals surface area contributed by atoms with E-state index in [1.165, 1.54) is 11.5 Å². The van der Waals surface area contributed by atoms with Gasteiger partial charge in [0, 0.05) is 30.5 Å². The van der Waals surface area contributed by atoms with Gasteiger partial charge in [-0.2, -0.15) is 9.64 Å². The molecule has 0 N–H and O–H groups in total. The molecular formula is C21H28N4OS. The van der Waals surface area contributed by atoms with Crippen molar-refractivity contribution >= 4 is 23.6 Å². The van der Waals surface area contributed by atoms with Crippen LogP contribution >= 0.6 is 11.5 Å². The van der Waals surface area contributed by atoms with Gasteiger partial charge in [0.1, 0.15) is 17.4 Å². The summed E-state index contributed by atoms with van der Waals surface area (Å²) in [6, 6.07) is 6.24. The van der Waals surface area contributed by atoms with Gasteiger partial charge in [-0.15, -0.1) is 0 Å². The number of rotatable bonds is 6. The SMILES string of the molecule is CCCN(C)C=Nc1cc(C)c(Oc2snc(C(C)(C)C)c2C#N)cc1C. The van der Waals surface area contributed by atoms with Crippen LogP contribution in [0.25, 0.3) is 0 Å². The van der Waals surface area contributed by atoms with Crippen molar-refractivity contribution in [2.75, 3.05) is 13.6 Å². The van der Waals surface area contributed by atoms with Crippen molar-refractivity contribution in [3.8, 4) is 16.9 Å². The lowest BCUT2D eigenvalue weighted by molar-refractivity contribution is 0.487. The number of nitrogens with zero attached hydrogens (tertiary/aromatic N) is 4. The van der Waals surface area contributed by atoms with Gasteiger partial charge in [-0.1, -0.05) is 27.7 Å². The van der Waals surface area contributed by atoms with Gasteiger partial charge < -0.3 is 9.64 Å². The van der Waals surface area contributed by atoms with Crippen molar-refractivity contribution in [2.24, 2.45) is 4.99 Å². The lowest BCUT2D eigenvalue weighted by Gasteiger charge is -2.15. The highest BCUT2D eigenvalue weighted by molar-refractivity contribution is 7.08. The maximum Gasteiger partial charge on any atom is 0.218 e. The van der Waals surface area contributed by atoms with Crippen LogP contribution in [0, 0.1) is 25.2 Å². The average molecular weight is 385 g/mol. The summed E-state index contributed by atoms with van der Waals surface area (Å²) in [4.78, 5) is 6.66. The second kappa shape index (κ2) is 8.53. The van der Waals surface area contributed by atoms with E-state index in [1.807, 2.05) is 60.1 Å². The topological polar surface area (TPSA) is 61.5 Å². The molecule has 0 bridgehead atoms. The number of nitriles is 1. The number of hydrogen-bond donors (Lipinski definition) is 0. The van der Waals surface area contributed by atoms with Gasteiger partial charge in [-0.3, -0.25) is 0 Å². The van der Waals surface area contributed by atoms with Crippen molar-refractivity contribution in [3.05, 3.63) is 34.5 Å². The van der Waals surface area contributed by atoms with E-state index in [1.54, 1.807) is 0 Å². The first-order valence-corrected chi connectivity index (χ1v) is 9.88. The quantitative estimate of drug-likeness (QED) is 0.472. The van der Waals surface area contributed by atoms with Crippen LogP contribution in [0.4, 0.5) is 5.69 Å². The fourth-order valence-corrected chi connectivity index (χ4v) is 3.55. The van der Waals surface area contributed by atoms with Gasteiger partial charge in [0.15, 0.2) is 0 Å². The summed E-state index contributed by atoms with van der Waals surface area (Å²) in [7, 11) is 2.02. The van der Waals surface area contributed by atoms with Crippen molar-refractivity contribution in [3.63, 3.8) is 0 Å². The first-order valence-electron chi connectivity index (χ1n) is 9.11. The van der Waals surface area contributed by atoms with Crippen LogP contribution in [-0.2, 0) is 5.41 Å². The molecular weight excluding hydrogens is 356 g/mol. The molecule has 1 aromatic heterocycles. The predicted molar refractivity (Wildman–Crippen MR) is 113 cm³/mol. The summed E-state index contributed by atoms with van der Waals surface area (Å²) in [5, 5.41) is 10.1. The number of aromatic nitrogens is 1. The molecule has 144 valence electrons. The van der Waals surface area contributed by atoms with Gasteiger partial charge in [0.2, 0.25) is 5.06 Å². The Morgan fingerprint density at radius 2 is 2.00 bits per heavy atom. The number of ether oxygens (including phenoxy) is 1. The molecule has 0 amide bonds. The molecule has 5 nitrogen and oxygen atoms in total. The molecule has 0 aliphatic heterocycles. The van der Waals surface area contributed by atoms with Crippen LogP contribution < -0.4 is 4.74 Å². The zero-order valence-corrected chi connectivity index (χ0v) is 18.1. The van der Waals surface area contributed by atoms with E-state index in [9.17, 15) is 5.26 Å². The molecule has 27 heavy (non-hydrogen) atoms. The fourth-order valence-electron chi connectivity index (χ4n) is 2.65. The highest BCUT2D eigenvalue weighted by atomic mass is 32.1. The van der Waals surface area contributed by atoms with Gasteiger partial charge >= 0.3 is 0 Å². The number of aliphatic imine (C=N–C) groups is 1. The first-order chi connectivity index (χ1) is 12.7. The third-order valence-electron chi connectivity index (χ3n) is 4.15. The van der Waals surface area contributed by atoms with E-state index in [2.05, 4.69) is 27.3 Å². The Hall–Kier alpha value is -2.39.